The molecule has 4 unspecified atom stereocenters. The first-order chi connectivity index (χ1) is 8.22. The Morgan fingerprint density at radius 1 is 1.39 bits per heavy atom. The summed E-state index contributed by atoms with van der Waals surface area (Å²) < 4.78 is 28.1. The fraction of sp³-hybridized carbons (Fsp3) is 1.00. The number of nitrogens with zero attached hydrogens (tertiary/aromatic N) is 1. The highest BCUT2D eigenvalue weighted by Gasteiger charge is 2.30. The van der Waals surface area contributed by atoms with Crippen LogP contribution < -0.4 is 10.5 Å². The summed E-state index contributed by atoms with van der Waals surface area (Å²) in [6.45, 7) is 6.80. The minimum Gasteiger partial charge on any atom is -0.392 e. The molecule has 108 valence electrons. The molecule has 4 atom stereocenters. The number of aliphatic hydroxyl groups excluding tert-OH is 1. The van der Waals surface area contributed by atoms with Crippen LogP contribution in [-0.4, -0.2) is 49.6 Å². The molecule has 1 aliphatic rings. The van der Waals surface area contributed by atoms with Crippen LogP contribution in [0.15, 0.2) is 0 Å². The molecule has 7 heteroatoms. The second-order valence-electron chi connectivity index (χ2n) is 5.52. The van der Waals surface area contributed by atoms with Crippen molar-refractivity contribution in [2.24, 2.45) is 17.6 Å². The third kappa shape index (κ3) is 4.47. The number of hydrogen-bond acceptors (Lipinski definition) is 4. The highest BCUT2D eigenvalue weighted by atomic mass is 32.2. The van der Waals surface area contributed by atoms with Gasteiger partial charge in [-0.05, 0) is 25.2 Å². The fourth-order valence-corrected chi connectivity index (χ4v) is 3.75. The molecule has 1 rings (SSSR count). The lowest BCUT2D eigenvalue weighted by Gasteiger charge is -2.34. The summed E-state index contributed by atoms with van der Waals surface area (Å²) in [6.07, 6.45) is 0.325. The molecule has 18 heavy (non-hydrogen) atoms. The number of nitrogens with two attached hydrogens (primary N) is 1. The molecule has 0 saturated carbocycles. The maximum atomic E-state index is 12.1. The Hall–Kier alpha value is -0.210. The summed E-state index contributed by atoms with van der Waals surface area (Å²) in [5.74, 6) is 0.742. The first-order valence-corrected chi connectivity index (χ1v) is 7.84. The van der Waals surface area contributed by atoms with E-state index in [1.807, 2.05) is 0 Å². The Balaban J connectivity index is 2.57. The van der Waals surface area contributed by atoms with E-state index < -0.39 is 22.4 Å². The average Bonchev–Trinajstić information content (AvgIpc) is 2.24. The van der Waals surface area contributed by atoms with Crippen LogP contribution in [0.3, 0.4) is 0 Å². The van der Waals surface area contributed by atoms with Crippen molar-refractivity contribution in [3.63, 3.8) is 0 Å². The smallest absolute Gasteiger partial charge is 0.279 e. The highest BCUT2D eigenvalue weighted by Crippen LogP contribution is 2.22. The second-order valence-corrected chi connectivity index (χ2v) is 7.28. The molecule has 1 fully saturated rings. The molecular weight excluding hydrogens is 254 g/mol. The summed E-state index contributed by atoms with van der Waals surface area (Å²) in [7, 11) is -3.49. The maximum absolute atomic E-state index is 12.1. The number of piperidine rings is 1. The van der Waals surface area contributed by atoms with E-state index in [1.54, 1.807) is 6.92 Å². The lowest BCUT2D eigenvalue weighted by atomic mass is 9.94. The Morgan fingerprint density at radius 2 is 1.89 bits per heavy atom. The Morgan fingerprint density at radius 3 is 2.33 bits per heavy atom. The van der Waals surface area contributed by atoms with E-state index in [-0.39, 0.29) is 6.54 Å². The Kier molecular flexibility index (Phi) is 5.54. The van der Waals surface area contributed by atoms with Gasteiger partial charge in [0.2, 0.25) is 0 Å². The summed E-state index contributed by atoms with van der Waals surface area (Å²) in [6, 6.07) is -0.584. The van der Waals surface area contributed by atoms with E-state index in [4.69, 9.17) is 5.73 Å². The van der Waals surface area contributed by atoms with Gasteiger partial charge in [0.15, 0.2) is 0 Å². The van der Waals surface area contributed by atoms with Crippen molar-refractivity contribution >= 4 is 10.2 Å². The molecule has 0 bridgehead atoms. The molecule has 0 radical (unpaired) electrons. The molecule has 0 aromatic rings. The van der Waals surface area contributed by atoms with Crippen molar-refractivity contribution in [2.45, 2.75) is 39.3 Å². The van der Waals surface area contributed by atoms with E-state index in [9.17, 15) is 13.5 Å². The minimum absolute atomic E-state index is 0.0548. The highest BCUT2D eigenvalue weighted by molar-refractivity contribution is 7.87. The normalized spacial score (nSPS) is 30.1. The monoisotopic (exact) mass is 279 g/mol. The van der Waals surface area contributed by atoms with Crippen molar-refractivity contribution in [1.82, 2.24) is 9.03 Å². The lowest BCUT2D eigenvalue weighted by Crippen LogP contribution is -2.51. The molecule has 0 amide bonds. The molecule has 6 nitrogen and oxygen atoms in total. The SMILES string of the molecule is CC1CC(C)CN(S(=O)(=O)NCC(N)C(C)O)C1. The largest absolute Gasteiger partial charge is 0.392 e. The number of nitrogens with one attached hydrogen (secondary N) is 1. The third-order valence-corrected chi connectivity index (χ3v) is 4.81. The molecule has 1 aliphatic heterocycles. The first-order valence-electron chi connectivity index (χ1n) is 6.40. The van der Waals surface area contributed by atoms with Gasteiger partial charge < -0.3 is 10.8 Å². The van der Waals surface area contributed by atoms with Crippen LogP contribution in [0.2, 0.25) is 0 Å². The number of rotatable bonds is 5. The van der Waals surface area contributed by atoms with Gasteiger partial charge in [-0.3, -0.25) is 0 Å². The van der Waals surface area contributed by atoms with Gasteiger partial charge in [-0.15, -0.1) is 0 Å². The van der Waals surface area contributed by atoms with E-state index in [2.05, 4.69) is 18.6 Å². The van der Waals surface area contributed by atoms with Gasteiger partial charge in [-0.1, -0.05) is 13.8 Å². The van der Waals surface area contributed by atoms with Crippen LogP contribution in [0, 0.1) is 11.8 Å². The Bertz CT molecular complexity index is 349. The maximum Gasteiger partial charge on any atom is 0.279 e. The first kappa shape index (κ1) is 15.8. The van der Waals surface area contributed by atoms with Crippen LogP contribution in [0.25, 0.3) is 0 Å². The van der Waals surface area contributed by atoms with Gasteiger partial charge in [0, 0.05) is 25.7 Å². The lowest BCUT2D eigenvalue weighted by molar-refractivity contribution is 0.164. The zero-order valence-corrected chi connectivity index (χ0v) is 12.2. The molecule has 0 spiro atoms. The van der Waals surface area contributed by atoms with Crippen molar-refractivity contribution in [1.29, 1.82) is 0 Å². The zero-order valence-electron chi connectivity index (χ0n) is 11.3. The summed E-state index contributed by atoms with van der Waals surface area (Å²) in [5.41, 5.74) is 5.61. The molecule has 4 N–H and O–H groups in total. The van der Waals surface area contributed by atoms with Crippen molar-refractivity contribution in [3.8, 4) is 0 Å². The number of aliphatic hydroxyl groups is 1. The van der Waals surface area contributed by atoms with E-state index in [0.717, 1.165) is 6.42 Å². The molecule has 0 aliphatic carbocycles. The van der Waals surface area contributed by atoms with Gasteiger partial charge in [0.05, 0.1) is 6.10 Å². The topological polar surface area (TPSA) is 95.7 Å². The molecule has 1 saturated heterocycles. The van der Waals surface area contributed by atoms with Crippen molar-refractivity contribution in [2.75, 3.05) is 19.6 Å². The average molecular weight is 279 g/mol. The number of hydrogen-bond donors (Lipinski definition) is 3. The fourth-order valence-electron chi connectivity index (χ4n) is 2.27. The molecule has 0 aromatic carbocycles. The molecule has 0 aromatic heterocycles. The zero-order chi connectivity index (χ0) is 13.9. The standard InChI is InChI=1S/C11H25N3O3S/c1-8-4-9(2)7-14(6-8)18(16,17)13-5-11(12)10(3)15/h8-11,13,15H,4-7,12H2,1-3H3. The van der Waals surface area contributed by atoms with Crippen molar-refractivity contribution < 1.29 is 13.5 Å². The van der Waals surface area contributed by atoms with Gasteiger partial charge in [0.1, 0.15) is 0 Å². The quantitative estimate of drug-likeness (QED) is 0.632. The third-order valence-electron chi connectivity index (χ3n) is 3.30. The summed E-state index contributed by atoms with van der Waals surface area (Å²) in [5, 5.41) is 9.24. The summed E-state index contributed by atoms with van der Waals surface area (Å²) in [4.78, 5) is 0. The predicted octanol–water partition coefficient (Wildman–Crippen LogP) is -0.493. The van der Waals surface area contributed by atoms with Crippen LogP contribution >= 0.6 is 0 Å². The second kappa shape index (κ2) is 6.29. The van der Waals surface area contributed by atoms with Crippen LogP contribution in [0.5, 0.6) is 0 Å². The van der Waals surface area contributed by atoms with E-state index in [0.29, 0.717) is 24.9 Å². The van der Waals surface area contributed by atoms with E-state index >= 15 is 0 Å². The molecule has 1 heterocycles. The van der Waals surface area contributed by atoms with Crippen LogP contribution in [0.1, 0.15) is 27.2 Å². The van der Waals surface area contributed by atoms with Gasteiger partial charge in [-0.25, -0.2) is 4.72 Å². The Labute approximate surface area is 110 Å². The minimum atomic E-state index is -3.49. The van der Waals surface area contributed by atoms with Gasteiger partial charge in [-0.2, -0.15) is 12.7 Å². The van der Waals surface area contributed by atoms with Gasteiger partial charge in [0.25, 0.3) is 10.2 Å². The predicted molar refractivity (Wildman–Crippen MR) is 71.1 cm³/mol. The van der Waals surface area contributed by atoms with Crippen LogP contribution in [-0.2, 0) is 10.2 Å². The summed E-state index contributed by atoms with van der Waals surface area (Å²) >= 11 is 0. The van der Waals surface area contributed by atoms with Crippen LogP contribution in [0.4, 0.5) is 0 Å². The van der Waals surface area contributed by atoms with Gasteiger partial charge >= 0.3 is 0 Å². The van der Waals surface area contributed by atoms with E-state index in [1.165, 1.54) is 4.31 Å². The van der Waals surface area contributed by atoms with Crippen molar-refractivity contribution in [3.05, 3.63) is 0 Å². The molecular formula is C11H25N3O3S.